The molecule has 8 nitrogen and oxygen atoms in total. The van der Waals surface area contributed by atoms with Gasteiger partial charge < -0.3 is 4.90 Å². The summed E-state index contributed by atoms with van der Waals surface area (Å²) in [7, 11) is 0. The quantitative estimate of drug-likeness (QED) is 0.141. The molecule has 0 radical (unpaired) electrons. The minimum atomic E-state index is -1.01. The van der Waals surface area contributed by atoms with E-state index in [9.17, 15) is 24.5 Å². The van der Waals surface area contributed by atoms with Gasteiger partial charge in [-0.25, -0.2) is 4.90 Å². The largest absolute Gasteiger partial charge is 0.352 e. The molecular formula is C31H20ClN3O5. The Hall–Kier alpha value is -4.82. The van der Waals surface area contributed by atoms with E-state index < -0.39 is 40.7 Å². The molecule has 0 unspecified atom stereocenters. The van der Waals surface area contributed by atoms with Gasteiger partial charge in [-0.2, -0.15) is 0 Å². The molecule has 2 saturated heterocycles. The van der Waals surface area contributed by atoms with Crippen LogP contribution in [0.3, 0.4) is 0 Å². The maximum absolute atomic E-state index is 14.2. The number of hydrogen-bond donors (Lipinski definition) is 0. The van der Waals surface area contributed by atoms with E-state index in [1.165, 1.54) is 12.1 Å². The molecule has 2 amide bonds. The van der Waals surface area contributed by atoms with Crippen molar-refractivity contribution >= 4 is 63.1 Å². The van der Waals surface area contributed by atoms with Crippen molar-refractivity contribution in [2.24, 2.45) is 11.8 Å². The number of fused-ring (bicyclic) bond motifs is 7. The normalized spacial score (nSPS) is 22.8. The van der Waals surface area contributed by atoms with Crippen molar-refractivity contribution in [1.82, 2.24) is 0 Å². The number of imide groups is 1. The number of carbonyl (C=O) groups excluding carboxylic acids is 3. The third-order valence-electron chi connectivity index (χ3n) is 8.12. The average molecular weight is 550 g/mol. The zero-order chi connectivity index (χ0) is 27.7. The highest BCUT2D eigenvalue weighted by atomic mass is 35.5. The van der Waals surface area contributed by atoms with Crippen LogP contribution in [0.25, 0.3) is 16.8 Å². The van der Waals surface area contributed by atoms with Crippen molar-refractivity contribution in [2.75, 3.05) is 9.80 Å². The van der Waals surface area contributed by atoms with Gasteiger partial charge in [0.25, 0.3) is 5.69 Å². The molecule has 3 aliphatic heterocycles. The molecule has 0 bridgehead atoms. The molecular weight excluding hydrogens is 530 g/mol. The highest BCUT2D eigenvalue weighted by Crippen LogP contribution is 2.51. The summed E-state index contributed by atoms with van der Waals surface area (Å²) in [6.07, 6.45) is 3.83. The van der Waals surface area contributed by atoms with Crippen LogP contribution < -0.4 is 9.80 Å². The van der Waals surface area contributed by atoms with Crippen LogP contribution in [0.4, 0.5) is 17.1 Å². The number of nitrogens with zero attached hydrogens (tertiary/aromatic N) is 3. The summed E-state index contributed by atoms with van der Waals surface area (Å²) in [6.45, 7) is 0. The lowest BCUT2D eigenvalue weighted by atomic mass is 9.86. The topological polar surface area (TPSA) is 101 Å². The molecule has 40 heavy (non-hydrogen) atoms. The lowest BCUT2D eigenvalue weighted by Gasteiger charge is -2.37. The molecule has 0 saturated carbocycles. The summed E-state index contributed by atoms with van der Waals surface area (Å²) < 4.78 is 0. The number of non-ortho nitro benzene ring substituents is 1. The molecule has 9 heteroatoms. The predicted molar refractivity (Wildman–Crippen MR) is 151 cm³/mol. The first-order chi connectivity index (χ1) is 19.4. The van der Waals surface area contributed by atoms with Crippen LogP contribution in [0.2, 0.25) is 5.02 Å². The second-order valence-electron chi connectivity index (χ2n) is 10.1. The zero-order valence-corrected chi connectivity index (χ0v) is 21.6. The van der Waals surface area contributed by atoms with E-state index in [0.717, 1.165) is 33.0 Å². The van der Waals surface area contributed by atoms with E-state index in [1.807, 2.05) is 53.5 Å². The Balaban J connectivity index is 1.40. The summed E-state index contributed by atoms with van der Waals surface area (Å²) in [5, 5.41) is 13.5. The number of amides is 2. The van der Waals surface area contributed by atoms with Gasteiger partial charge in [0, 0.05) is 28.9 Å². The maximum Gasteiger partial charge on any atom is 0.271 e. The minimum absolute atomic E-state index is 0.0334. The Bertz CT molecular complexity index is 1800. The van der Waals surface area contributed by atoms with Crippen molar-refractivity contribution < 1.29 is 19.3 Å². The number of nitro benzene ring substituents is 1. The third kappa shape index (κ3) is 3.36. The number of Topliss-reactive ketones (excluding diaryl/α,β-unsaturated/α-hetero) is 1. The minimum Gasteiger partial charge on any atom is -0.352 e. The molecule has 4 aromatic carbocycles. The second-order valence-corrected chi connectivity index (χ2v) is 10.5. The Kier molecular flexibility index (Phi) is 5.37. The first-order valence-electron chi connectivity index (χ1n) is 12.8. The van der Waals surface area contributed by atoms with Gasteiger partial charge in [0.15, 0.2) is 5.78 Å². The van der Waals surface area contributed by atoms with Gasteiger partial charge in [-0.1, -0.05) is 84.4 Å². The van der Waals surface area contributed by atoms with Crippen LogP contribution in [0.15, 0.2) is 91.0 Å². The molecule has 4 atom stereocenters. The fraction of sp³-hybridized carbons (Fsp3) is 0.129. The molecule has 3 heterocycles. The van der Waals surface area contributed by atoms with Gasteiger partial charge in [0.2, 0.25) is 11.8 Å². The van der Waals surface area contributed by atoms with Gasteiger partial charge in [-0.15, -0.1) is 0 Å². The Morgan fingerprint density at radius 2 is 1.57 bits per heavy atom. The van der Waals surface area contributed by atoms with E-state index >= 15 is 0 Å². The van der Waals surface area contributed by atoms with E-state index in [0.29, 0.717) is 5.56 Å². The molecule has 0 N–H and O–H groups in total. The van der Waals surface area contributed by atoms with Crippen molar-refractivity contribution in [1.29, 1.82) is 0 Å². The Morgan fingerprint density at radius 3 is 2.35 bits per heavy atom. The maximum atomic E-state index is 14.2. The van der Waals surface area contributed by atoms with Crippen LogP contribution in [0.5, 0.6) is 0 Å². The Labute approximate surface area is 233 Å². The van der Waals surface area contributed by atoms with Gasteiger partial charge >= 0.3 is 0 Å². The second kappa shape index (κ2) is 8.86. The van der Waals surface area contributed by atoms with Gasteiger partial charge in [-0.05, 0) is 22.9 Å². The molecule has 0 aliphatic carbocycles. The summed E-state index contributed by atoms with van der Waals surface area (Å²) in [5.41, 5.74) is 1.77. The Morgan fingerprint density at radius 1 is 0.850 bits per heavy atom. The van der Waals surface area contributed by atoms with Gasteiger partial charge in [0.1, 0.15) is 6.04 Å². The third-order valence-corrected chi connectivity index (χ3v) is 8.44. The fourth-order valence-electron chi connectivity index (χ4n) is 6.42. The van der Waals surface area contributed by atoms with Crippen LogP contribution in [-0.2, 0) is 9.59 Å². The summed E-state index contributed by atoms with van der Waals surface area (Å²) in [6, 6.07) is 22.6. The summed E-state index contributed by atoms with van der Waals surface area (Å²) in [4.78, 5) is 56.0. The van der Waals surface area contributed by atoms with E-state index in [-0.39, 0.29) is 22.2 Å². The van der Waals surface area contributed by atoms with Crippen molar-refractivity contribution in [2.45, 2.75) is 12.1 Å². The number of hydrogen-bond acceptors (Lipinski definition) is 6. The van der Waals surface area contributed by atoms with E-state index in [1.54, 1.807) is 30.3 Å². The van der Waals surface area contributed by atoms with Crippen molar-refractivity contribution in [3.63, 3.8) is 0 Å². The zero-order valence-electron chi connectivity index (χ0n) is 20.8. The van der Waals surface area contributed by atoms with E-state index in [4.69, 9.17) is 11.6 Å². The highest BCUT2D eigenvalue weighted by Gasteiger charge is 2.64. The van der Waals surface area contributed by atoms with Crippen molar-refractivity contribution in [3.8, 4) is 0 Å². The average Bonchev–Trinajstić information content (AvgIpc) is 3.45. The molecule has 7 rings (SSSR count). The van der Waals surface area contributed by atoms with Crippen molar-refractivity contribution in [3.05, 3.63) is 117 Å². The fourth-order valence-corrected chi connectivity index (χ4v) is 6.63. The number of ketones is 1. The molecule has 2 fully saturated rings. The lowest BCUT2D eigenvalue weighted by molar-refractivity contribution is -0.384. The molecule has 196 valence electrons. The van der Waals surface area contributed by atoms with Gasteiger partial charge in [0.05, 0.1) is 33.5 Å². The SMILES string of the molecule is O=C(c1ccccc1)[C@@H]1[C@@H]2C(=O)N(c3cc([N+](=O)[O-])ccc3Cl)C(=O)[C@H]2[C@@H]2C=Cc3c(ccc4ccccc34)N12. The lowest BCUT2D eigenvalue weighted by Crippen LogP contribution is -2.48. The highest BCUT2D eigenvalue weighted by molar-refractivity contribution is 6.36. The number of rotatable bonds is 4. The number of halogens is 1. The van der Waals surface area contributed by atoms with Crippen LogP contribution in [-0.4, -0.2) is 34.6 Å². The standard InChI is InChI=1S/C31H20ClN3O5/c32-22-13-11-19(35(39)40)16-25(22)34-30(37)26-24-15-12-21-20-9-5-4-6-17(20)10-14-23(21)33(24)28(27(26)31(34)38)29(36)18-7-2-1-3-8-18/h1-16,24,26-28H/t24-,26-,27+,28-/m0/s1. The van der Waals surface area contributed by atoms with Gasteiger partial charge in [-0.3, -0.25) is 24.5 Å². The number of carbonyl (C=O) groups is 3. The summed E-state index contributed by atoms with van der Waals surface area (Å²) >= 11 is 6.36. The number of nitro groups is 1. The first kappa shape index (κ1) is 24.2. The van der Waals surface area contributed by atoms with Crippen LogP contribution >= 0.6 is 11.6 Å². The number of anilines is 2. The van der Waals surface area contributed by atoms with Crippen LogP contribution in [0, 0.1) is 22.0 Å². The first-order valence-corrected chi connectivity index (χ1v) is 13.1. The molecule has 3 aliphatic rings. The molecule has 4 aromatic rings. The monoisotopic (exact) mass is 549 g/mol. The van der Waals surface area contributed by atoms with Crippen LogP contribution in [0.1, 0.15) is 15.9 Å². The molecule has 0 spiro atoms. The smallest absolute Gasteiger partial charge is 0.271 e. The number of benzene rings is 4. The molecule has 0 aromatic heterocycles. The predicted octanol–water partition coefficient (Wildman–Crippen LogP) is 5.67. The van der Waals surface area contributed by atoms with E-state index in [2.05, 4.69) is 0 Å². The summed E-state index contributed by atoms with van der Waals surface area (Å²) in [5.74, 6) is -3.30.